The number of carbonyl (C=O) groups excluding carboxylic acids is 2. The highest BCUT2D eigenvalue weighted by molar-refractivity contribution is 5.80. The predicted molar refractivity (Wildman–Crippen MR) is 108 cm³/mol. The minimum absolute atomic E-state index is 0.0688. The van der Waals surface area contributed by atoms with Gasteiger partial charge in [0.25, 0.3) is 0 Å². The maximum atomic E-state index is 13.0. The number of ether oxygens (including phenoxy) is 2. The van der Waals surface area contributed by atoms with Crippen molar-refractivity contribution in [3.8, 4) is 5.88 Å². The third kappa shape index (κ3) is 5.48. The molecule has 160 valence electrons. The lowest BCUT2D eigenvalue weighted by Crippen LogP contribution is -2.54. The molecule has 2 fully saturated rings. The third-order valence-corrected chi connectivity index (χ3v) is 5.17. The highest BCUT2D eigenvalue weighted by Gasteiger charge is 2.33. The summed E-state index contributed by atoms with van der Waals surface area (Å²) in [4.78, 5) is 30.9. The molecule has 0 N–H and O–H groups in total. The van der Waals surface area contributed by atoms with E-state index in [0.29, 0.717) is 38.6 Å². The van der Waals surface area contributed by atoms with Crippen LogP contribution in [0.1, 0.15) is 33.6 Å². The van der Waals surface area contributed by atoms with Gasteiger partial charge in [-0.05, 0) is 39.7 Å². The largest absolute Gasteiger partial charge is 0.480 e. The fourth-order valence-electron chi connectivity index (χ4n) is 3.67. The molecule has 2 aliphatic rings. The number of piperidine rings is 1. The van der Waals surface area contributed by atoms with Gasteiger partial charge in [-0.25, -0.2) is 4.79 Å². The van der Waals surface area contributed by atoms with Crippen molar-refractivity contribution in [2.24, 2.45) is 5.92 Å². The Morgan fingerprint density at radius 2 is 1.72 bits per heavy atom. The highest BCUT2D eigenvalue weighted by atomic mass is 16.6. The summed E-state index contributed by atoms with van der Waals surface area (Å²) in [5.41, 5.74) is -0.514. The van der Waals surface area contributed by atoms with Gasteiger partial charge < -0.3 is 24.2 Å². The van der Waals surface area contributed by atoms with Crippen molar-refractivity contribution >= 4 is 17.8 Å². The van der Waals surface area contributed by atoms with Gasteiger partial charge >= 0.3 is 6.09 Å². The van der Waals surface area contributed by atoms with Crippen LogP contribution in [0.15, 0.2) is 12.1 Å². The summed E-state index contributed by atoms with van der Waals surface area (Å²) < 4.78 is 10.5. The zero-order chi connectivity index (χ0) is 21.0. The average molecular weight is 405 g/mol. The Labute approximate surface area is 171 Å². The van der Waals surface area contributed by atoms with Crippen LogP contribution in [0.5, 0.6) is 5.88 Å². The first-order valence-electron chi connectivity index (χ1n) is 10.2. The van der Waals surface area contributed by atoms with E-state index in [1.807, 2.05) is 31.7 Å². The van der Waals surface area contributed by atoms with Crippen LogP contribution in [0.4, 0.5) is 10.6 Å². The normalized spacial score (nSPS) is 20.4. The van der Waals surface area contributed by atoms with E-state index in [2.05, 4.69) is 15.1 Å². The van der Waals surface area contributed by atoms with Crippen molar-refractivity contribution in [2.75, 3.05) is 51.3 Å². The molecule has 0 aromatic carbocycles. The number of methoxy groups -OCH3 is 1. The summed E-state index contributed by atoms with van der Waals surface area (Å²) in [6, 6.07) is 3.65. The van der Waals surface area contributed by atoms with Crippen molar-refractivity contribution in [1.29, 1.82) is 0 Å². The van der Waals surface area contributed by atoms with Gasteiger partial charge in [-0.3, -0.25) is 4.79 Å². The molecule has 0 saturated carbocycles. The third-order valence-electron chi connectivity index (χ3n) is 5.17. The van der Waals surface area contributed by atoms with Crippen LogP contribution < -0.4 is 9.64 Å². The molecule has 1 aromatic rings. The van der Waals surface area contributed by atoms with Gasteiger partial charge in [-0.15, -0.1) is 10.2 Å². The fourth-order valence-corrected chi connectivity index (χ4v) is 3.67. The van der Waals surface area contributed by atoms with E-state index < -0.39 is 5.60 Å². The van der Waals surface area contributed by atoms with Gasteiger partial charge in [0.05, 0.1) is 13.0 Å². The standard InChI is InChI=1S/C20H31N5O4/c1-20(2,3)29-19(27)24-12-10-23(11-13-24)18(26)15-6-5-9-25(14-15)16-7-8-17(28-4)22-21-16/h7-8,15H,5-6,9-14H2,1-4H3/t15-/m1/s1. The Morgan fingerprint density at radius 1 is 1.03 bits per heavy atom. The van der Waals surface area contributed by atoms with Crippen molar-refractivity contribution in [3.05, 3.63) is 12.1 Å². The topological polar surface area (TPSA) is 88.1 Å². The highest BCUT2D eigenvalue weighted by Crippen LogP contribution is 2.24. The summed E-state index contributed by atoms with van der Waals surface area (Å²) in [7, 11) is 1.56. The molecular formula is C20H31N5O4. The number of aromatic nitrogens is 2. The Hall–Kier alpha value is -2.58. The quantitative estimate of drug-likeness (QED) is 0.757. The van der Waals surface area contributed by atoms with Gasteiger partial charge in [0, 0.05) is 45.3 Å². The van der Waals surface area contributed by atoms with Crippen LogP contribution in [0.2, 0.25) is 0 Å². The number of amides is 2. The molecule has 29 heavy (non-hydrogen) atoms. The molecule has 3 rings (SSSR count). The summed E-state index contributed by atoms with van der Waals surface area (Å²) in [5, 5.41) is 8.23. The maximum absolute atomic E-state index is 13.0. The molecule has 2 aliphatic heterocycles. The first-order chi connectivity index (χ1) is 13.8. The molecule has 9 nitrogen and oxygen atoms in total. The molecule has 1 aromatic heterocycles. The lowest BCUT2D eigenvalue weighted by molar-refractivity contribution is -0.137. The molecule has 2 saturated heterocycles. The van der Waals surface area contributed by atoms with Crippen LogP contribution in [0, 0.1) is 5.92 Å². The number of anilines is 1. The first-order valence-corrected chi connectivity index (χ1v) is 10.2. The molecule has 1 atom stereocenters. The molecule has 0 bridgehead atoms. The van der Waals surface area contributed by atoms with E-state index in [-0.39, 0.29) is 17.9 Å². The summed E-state index contributed by atoms with van der Waals surface area (Å²) >= 11 is 0. The Kier molecular flexibility index (Phi) is 6.44. The van der Waals surface area contributed by atoms with E-state index in [1.54, 1.807) is 18.1 Å². The van der Waals surface area contributed by atoms with Crippen LogP contribution in [0.25, 0.3) is 0 Å². The second-order valence-electron chi connectivity index (χ2n) is 8.51. The van der Waals surface area contributed by atoms with Gasteiger partial charge in [-0.2, -0.15) is 0 Å². The van der Waals surface area contributed by atoms with E-state index in [9.17, 15) is 9.59 Å². The molecule has 9 heteroatoms. The van der Waals surface area contributed by atoms with E-state index >= 15 is 0 Å². The van der Waals surface area contributed by atoms with Gasteiger partial charge in [-0.1, -0.05) is 0 Å². The lowest BCUT2D eigenvalue weighted by Gasteiger charge is -2.39. The zero-order valence-electron chi connectivity index (χ0n) is 17.8. The predicted octanol–water partition coefficient (Wildman–Crippen LogP) is 1.78. The molecular weight excluding hydrogens is 374 g/mol. The monoisotopic (exact) mass is 405 g/mol. The molecule has 0 aliphatic carbocycles. The van der Waals surface area contributed by atoms with Crippen molar-refractivity contribution < 1.29 is 19.1 Å². The zero-order valence-corrected chi connectivity index (χ0v) is 17.8. The first kappa shape index (κ1) is 21.1. The van der Waals surface area contributed by atoms with E-state index in [1.165, 1.54) is 0 Å². The summed E-state index contributed by atoms with van der Waals surface area (Å²) in [6.07, 6.45) is 1.49. The molecule has 2 amide bonds. The van der Waals surface area contributed by atoms with Crippen molar-refractivity contribution in [2.45, 2.75) is 39.2 Å². The Balaban J connectivity index is 1.53. The van der Waals surface area contributed by atoms with Crippen molar-refractivity contribution in [1.82, 2.24) is 20.0 Å². The molecule has 0 spiro atoms. The molecule has 0 radical (unpaired) electrons. The minimum atomic E-state index is -0.514. The number of hydrogen-bond donors (Lipinski definition) is 0. The van der Waals surface area contributed by atoms with E-state index in [0.717, 1.165) is 25.2 Å². The number of rotatable bonds is 3. The van der Waals surface area contributed by atoms with Crippen LogP contribution in [-0.2, 0) is 9.53 Å². The van der Waals surface area contributed by atoms with Gasteiger partial charge in [0.2, 0.25) is 11.8 Å². The fraction of sp³-hybridized carbons (Fsp3) is 0.700. The summed E-state index contributed by atoms with van der Waals surface area (Å²) in [6.45, 7) is 9.13. The van der Waals surface area contributed by atoms with Crippen LogP contribution in [-0.4, -0.2) is 84.0 Å². The molecule has 3 heterocycles. The minimum Gasteiger partial charge on any atom is -0.480 e. The number of piperazine rings is 1. The summed E-state index contributed by atoms with van der Waals surface area (Å²) in [5.74, 6) is 1.32. The number of carbonyl (C=O) groups is 2. The average Bonchev–Trinajstić information content (AvgIpc) is 2.72. The van der Waals surface area contributed by atoms with Crippen molar-refractivity contribution in [3.63, 3.8) is 0 Å². The SMILES string of the molecule is COc1ccc(N2CCC[C@@H](C(=O)N3CCN(C(=O)OC(C)(C)C)CC3)C2)nn1. The second kappa shape index (κ2) is 8.84. The smallest absolute Gasteiger partial charge is 0.410 e. The van der Waals surface area contributed by atoms with Crippen LogP contribution in [0.3, 0.4) is 0 Å². The lowest BCUT2D eigenvalue weighted by atomic mass is 9.96. The van der Waals surface area contributed by atoms with E-state index in [4.69, 9.17) is 9.47 Å². The molecule has 0 unspecified atom stereocenters. The number of hydrogen-bond acceptors (Lipinski definition) is 7. The maximum Gasteiger partial charge on any atom is 0.410 e. The number of nitrogens with zero attached hydrogens (tertiary/aromatic N) is 5. The second-order valence-corrected chi connectivity index (χ2v) is 8.51. The Bertz CT molecular complexity index is 711. The van der Waals surface area contributed by atoms with Gasteiger partial charge in [0.1, 0.15) is 5.60 Å². The van der Waals surface area contributed by atoms with Crippen LogP contribution >= 0.6 is 0 Å². The Morgan fingerprint density at radius 3 is 2.31 bits per heavy atom. The van der Waals surface area contributed by atoms with Gasteiger partial charge in [0.15, 0.2) is 5.82 Å².